The van der Waals surface area contributed by atoms with Crippen molar-refractivity contribution in [3.05, 3.63) is 22.4 Å². The standard InChI is InChI=1S/C13H22N4O/c14-7-4-8-15-11-9-16-13(18)17-12(11)10-5-2-1-3-6-10/h9-10,15H,1-8,14H2,(H,16,17,18). The lowest BCUT2D eigenvalue weighted by Crippen LogP contribution is -2.20. The minimum absolute atomic E-state index is 0.250. The first-order valence-electron chi connectivity index (χ1n) is 6.84. The molecule has 0 bridgehead atoms. The first kappa shape index (κ1) is 13.1. The predicted octanol–water partition coefficient (Wildman–Crippen LogP) is 1.58. The fourth-order valence-corrected chi connectivity index (χ4v) is 2.59. The van der Waals surface area contributed by atoms with Crippen molar-refractivity contribution in [2.45, 2.75) is 44.4 Å². The summed E-state index contributed by atoms with van der Waals surface area (Å²) in [6.45, 7) is 1.49. The molecule has 1 aliphatic carbocycles. The second-order valence-corrected chi connectivity index (χ2v) is 4.92. The molecule has 0 aromatic carbocycles. The highest BCUT2D eigenvalue weighted by molar-refractivity contribution is 5.47. The van der Waals surface area contributed by atoms with E-state index in [1.165, 1.54) is 19.3 Å². The molecule has 4 N–H and O–H groups in total. The molecule has 0 radical (unpaired) electrons. The van der Waals surface area contributed by atoms with Gasteiger partial charge in [-0.05, 0) is 25.8 Å². The van der Waals surface area contributed by atoms with E-state index >= 15 is 0 Å². The summed E-state index contributed by atoms with van der Waals surface area (Å²) in [7, 11) is 0. The minimum atomic E-state index is -0.250. The third-order valence-corrected chi connectivity index (χ3v) is 3.55. The Labute approximate surface area is 107 Å². The molecule has 18 heavy (non-hydrogen) atoms. The quantitative estimate of drug-likeness (QED) is 0.693. The molecule has 0 amide bonds. The molecule has 1 fully saturated rings. The molecule has 0 atom stereocenters. The molecule has 0 saturated heterocycles. The molecule has 1 aliphatic rings. The maximum Gasteiger partial charge on any atom is 0.345 e. The second-order valence-electron chi connectivity index (χ2n) is 4.92. The largest absolute Gasteiger partial charge is 0.382 e. The van der Waals surface area contributed by atoms with Gasteiger partial charge in [-0.15, -0.1) is 0 Å². The van der Waals surface area contributed by atoms with Crippen LogP contribution in [0.3, 0.4) is 0 Å². The van der Waals surface area contributed by atoms with Crippen molar-refractivity contribution in [2.75, 3.05) is 18.4 Å². The van der Waals surface area contributed by atoms with E-state index in [0.717, 1.165) is 37.2 Å². The Morgan fingerprint density at radius 3 is 2.89 bits per heavy atom. The highest BCUT2D eigenvalue weighted by Gasteiger charge is 2.19. The van der Waals surface area contributed by atoms with Gasteiger partial charge in [0.05, 0.1) is 11.9 Å². The summed E-state index contributed by atoms with van der Waals surface area (Å²) >= 11 is 0. The fourth-order valence-electron chi connectivity index (χ4n) is 2.59. The number of aromatic nitrogens is 2. The number of hydrogen-bond acceptors (Lipinski definition) is 4. The Bertz CT molecular complexity index is 423. The first-order valence-corrected chi connectivity index (χ1v) is 6.84. The molecule has 5 nitrogen and oxygen atoms in total. The van der Waals surface area contributed by atoms with Crippen LogP contribution in [0.5, 0.6) is 0 Å². The van der Waals surface area contributed by atoms with Gasteiger partial charge in [-0.3, -0.25) is 0 Å². The van der Waals surface area contributed by atoms with E-state index in [9.17, 15) is 4.79 Å². The molecule has 0 aliphatic heterocycles. The van der Waals surface area contributed by atoms with Crippen molar-refractivity contribution in [3.63, 3.8) is 0 Å². The van der Waals surface area contributed by atoms with Gasteiger partial charge in [0, 0.05) is 18.2 Å². The minimum Gasteiger partial charge on any atom is -0.382 e. The zero-order valence-electron chi connectivity index (χ0n) is 10.7. The summed E-state index contributed by atoms with van der Waals surface area (Å²) in [6, 6.07) is 0. The Balaban J connectivity index is 2.14. The molecule has 1 saturated carbocycles. The zero-order chi connectivity index (χ0) is 12.8. The number of H-pyrrole nitrogens is 1. The zero-order valence-corrected chi connectivity index (χ0v) is 10.7. The molecule has 2 rings (SSSR count). The van der Waals surface area contributed by atoms with Crippen LogP contribution in [0.2, 0.25) is 0 Å². The van der Waals surface area contributed by atoms with E-state index < -0.39 is 0 Å². The highest BCUT2D eigenvalue weighted by Crippen LogP contribution is 2.34. The SMILES string of the molecule is NCCCNc1cnc(=O)[nH]c1C1CCCCC1. The van der Waals surface area contributed by atoms with Crippen LogP contribution in [0.4, 0.5) is 5.69 Å². The number of nitrogens with zero attached hydrogens (tertiary/aromatic N) is 1. The lowest BCUT2D eigenvalue weighted by molar-refractivity contribution is 0.436. The first-order chi connectivity index (χ1) is 8.81. The van der Waals surface area contributed by atoms with Crippen LogP contribution in [0, 0.1) is 0 Å². The van der Waals surface area contributed by atoms with E-state index in [1.807, 2.05) is 0 Å². The van der Waals surface area contributed by atoms with Crippen molar-refractivity contribution in [1.29, 1.82) is 0 Å². The Morgan fingerprint density at radius 2 is 2.17 bits per heavy atom. The van der Waals surface area contributed by atoms with E-state index in [2.05, 4.69) is 15.3 Å². The van der Waals surface area contributed by atoms with Crippen LogP contribution in [0.25, 0.3) is 0 Å². The van der Waals surface area contributed by atoms with Crippen molar-refractivity contribution in [1.82, 2.24) is 9.97 Å². The van der Waals surface area contributed by atoms with Gasteiger partial charge >= 0.3 is 5.69 Å². The van der Waals surface area contributed by atoms with Crippen LogP contribution in [-0.4, -0.2) is 23.1 Å². The topological polar surface area (TPSA) is 83.8 Å². The van der Waals surface area contributed by atoms with Crippen molar-refractivity contribution < 1.29 is 0 Å². The summed E-state index contributed by atoms with van der Waals surface area (Å²) < 4.78 is 0. The van der Waals surface area contributed by atoms with Gasteiger partial charge in [0.25, 0.3) is 0 Å². The fraction of sp³-hybridized carbons (Fsp3) is 0.692. The van der Waals surface area contributed by atoms with Crippen LogP contribution >= 0.6 is 0 Å². The molecular formula is C13H22N4O. The monoisotopic (exact) mass is 250 g/mol. The number of anilines is 1. The molecule has 1 heterocycles. The Morgan fingerprint density at radius 1 is 1.39 bits per heavy atom. The van der Waals surface area contributed by atoms with E-state index in [4.69, 9.17) is 5.73 Å². The molecule has 1 aromatic heterocycles. The van der Waals surface area contributed by atoms with Gasteiger partial charge < -0.3 is 16.0 Å². The van der Waals surface area contributed by atoms with Gasteiger partial charge in [-0.25, -0.2) is 4.79 Å². The van der Waals surface area contributed by atoms with E-state index in [1.54, 1.807) is 6.20 Å². The molecular weight excluding hydrogens is 228 g/mol. The predicted molar refractivity (Wildman–Crippen MR) is 72.8 cm³/mol. The average Bonchev–Trinajstić information content (AvgIpc) is 2.41. The maximum atomic E-state index is 11.4. The molecule has 1 aromatic rings. The van der Waals surface area contributed by atoms with Gasteiger partial charge in [-0.2, -0.15) is 4.98 Å². The van der Waals surface area contributed by atoms with Crippen LogP contribution in [0.15, 0.2) is 11.0 Å². The van der Waals surface area contributed by atoms with Crippen LogP contribution in [0.1, 0.15) is 50.1 Å². The van der Waals surface area contributed by atoms with Crippen LogP contribution < -0.4 is 16.7 Å². The molecule has 5 heteroatoms. The number of hydrogen-bond donors (Lipinski definition) is 3. The van der Waals surface area contributed by atoms with Crippen molar-refractivity contribution in [2.24, 2.45) is 5.73 Å². The lowest BCUT2D eigenvalue weighted by atomic mass is 9.86. The second kappa shape index (κ2) is 6.54. The van der Waals surface area contributed by atoms with Gasteiger partial charge in [0.15, 0.2) is 0 Å². The summed E-state index contributed by atoms with van der Waals surface area (Å²) in [5, 5.41) is 3.33. The highest BCUT2D eigenvalue weighted by atomic mass is 16.1. The number of rotatable bonds is 5. The average molecular weight is 250 g/mol. The Kier molecular flexibility index (Phi) is 4.75. The third-order valence-electron chi connectivity index (χ3n) is 3.55. The lowest BCUT2D eigenvalue weighted by Gasteiger charge is -2.23. The van der Waals surface area contributed by atoms with Crippen molar-refractivity contribution in [3.8, 4) is 0 Å². The Hall–Kier alpha value is -1.36. The maximum absolute atomic E-state index is 11.4. The number of nitrogens with two attached hydrogens (primary N) is 1. The number of aromatic amines is 1. The normalized spacial score (nSPS) is 16.7. The summed E-state index contributed by atoms with van der Waals surface area (Å²) in [4.78, 5) is 18.1. The van der Waals surface area contributed by atoms with Crippen molar-refractivity contribution >= 4 is 5.69 Å². The summed E-state index contributed by atoms with van der Waals surface area (Å²) in [5.74, 6) is 0.467. The molecule has 0 spiro atoms. The molecule has 100 valence electrons. The van der Waals surface area contributed by atoms with Gasteiger partial charge in [0.1, 0.15) is 0 Å². The smallest absolute Gasteiger partial charge is 0.345 e. The molecule has 0 unspecified atom stereocenters. The van der Waals surface area contributed by atoms with Gasteiger partial charge in [-0.1, -0.05) is 19.3 Å². The summed E-state index contributed by atoms with van der Waals surface area (Å²) in [5.41, 5.74) is 7.24. The third kappa shape index (κ3) is 3.32. The van der Waals surface area contributed by atoms with E-state index in [0.29, 0.717) is 12.5 Å². The number of nitrogens with one attached hydrogen (secondary N) is 2. The summed E-state index contributed by atoms with van der Waals surface area (Å²) in [6.07, 6.45) is 8.69. The van der Waals surface area contributed by atoms with Gasteiger partial charge in [0.2, 0.25) is 0 Å². The van der Waals surface area contributed by atoms with Crippen LogP contribution in [-0.2, 0) is 0 Å². The van der Waals surface area contributed by atoms with E-state index in [-0.39, 0.29) is 5.69 Å².